The lowest BCUT2D eigenvalue weighted by molar-refractivity contribution is 0.275. The zero-order chi connectivity index (χ0) is 10.5. The average molecular weight is 271 g/mol. The Balaban J connectivity index is 0.000000252. The van der Waals surface area contributed by atoms with Crippen molar-refractivity contribution in [1.29, 1.82) is 0 Å². The topological polar surface area (TPSA) is 98.0 Å². The van der Waals surface area contributed by atoms with Crippen molar-refractivity contribution in [3.63, 3.8) is 0 Å². The van der Waals surface area contributed by atoms with Crippen LogP contribution in [0, 0.1) is 0 Å². The maximum atomic E-state index is 8.88. The van der Waals surface area contributed by atoms with E-state index in [1.165, 1.54) is 0 Å². The molecule has 0 spiro atoms. The fraction of sp³-hybridized carbons (Fsp3) is 0. The molecule has 7 heteroatoms. The van der Waals surface area contributed by atoms with E-state index in [1.54, 1.807) is 18.2 Å². The minimum absolute atomic E-state index is 0.285. The van der Waals surface area contributed by atoms with Gasteiger partial charge in [0.2, 0.25) is 0 Å². The zero-order valence-corrected chi connectivity index (χ0v) is 8.81. The van der Waals surface area contributed by atoms with Gasteiger partial charge in [0.05, 0.1) is 4.47 Å². The van der Waals surface area contributed by atoms with Gasteiger partial charge < -0.3 is 19.8 Å². The van der Waals surface area contributed by atoms with Crippen LogP contribution in [0.25, 0.3) is 0 Å². The molecule has 0 saturated carbocycles. The lowest BCUT2D eigenvalue weighted by atomic mass is 10.3. The fourth-order valence-electron chi connectivity index (χ4n) is 0.452. The second-order valence-corrected chi connectivity index (χ2v) is 3.85. The number of phenols is 1. The summed E-state index contributed by atoms with van der Waals surface area (Å²) in [5, 5.41) is 8.87. The summed E-state index contributed by atoms with van der Waals surface area (Å²) in [7, 11) is -4.64. The molecule has 4 N–H and O–H groups in total. The Morgan fingerprint density at radius 3 is 1.77 bits per heavy atom. The Morgan fingerprint density at radius 2 is 1.54 bits per heavy atom. The summed E-state index contributed by atoms with van der Waals surface area (Å²) in [5.41, 5.74) is 0. The smallest absolute Gasteiger partial charge is 0.466 e. The van der Waals surface area contributed by atoms with E-state index in [9.17, 15) is 0 Å². The van der Waals surface area contributed by atoms with Gasteiger partial charge in [-0.15, -0.1) is 0 Å². The lowest BCUT2D eigenvalue weighted by Crippen LogP contribution is -1.66. The summed E-state index contributed by atoms with van der Waals surface area (Å²) in [5.74, 6) is 0.285. The minimum Gasteiger partial charge on any atom is -0.507 e. The summed E-state index contributed by atoms with van der Waals surface area (Å²) >= 11 is 3.15. The molecular formula is C6H8BrO5P. The van der Waals surface area contributed by atoms with Crippen LogP contribution >= 0.6 is 23.8 Å². The monoisotopic (exact) mass is 270 g/mol. The highest BCUT2D eigenvalue weighted by molar-refractivity contribution is 9.10. The van der Waals surface area contributed by atoms with Crippen LogP contribution in [0.2, 0.25) is 0 Å². The molecule has 74 valence electrons. The summed E-state index contributed by atoms with van der Waals surface area (Å²) in [6, 6.07) is 7.04. The summed E-state index contributed by atoms with van der Waals surface area (Å²) < 4.78 is 9.62. The number of phosphoric acid groups is 1. The number of phenolic OH excluding ortho intramolecular Hbond substituents is 1. The van der Waals surface area contributed by atoms with Gasteiger partial charge in [-0.2, -0.15) is 0 Å². The van der Waals surface area contributed by atoms with Crippen molar-refractivity contribution in [1.82, 2.24) is 0 Å². The maximum absolute atomic E-state index is 8.88. The highest BCUT2D eigenvalue weighted by Crippen LogP contribution is 2.25. The lowest BCUT2D eigenvalue weighted by Gasteiger charge is -1.90. The first-order valence-electron chi connectivity index (χ1n) is 3.02. The average Bonchev–Trinajstić information content (AvgIpc) is 1.92. The zero-order valence-electron chi connectivity index (χ0n) is 6.33. The molecule has 0 fully saturated rings. The van der Waals surface area contributed by atoms with Crippen LogP contribution in [0.3, 0.4) is 0 Å². The molecule has 1 aromatic carbocycles. The van der Waals surface area contributed by atoms with Crippen LogP contribution in [-0.2, 0) is 4.57 Å². The third-order valence-electron chi connectivity index (χ3n) is 0.852. The van der Waals surface area contributed by atoms with Crippen LogP contribution in [-0.4, -0.2) is 19.8 Å². The Hall–Kier alpha value is -0.390. The van der Waals surface area contributed by atoms with Crippen LogP contribution in [0.4, 0.5) is 0 Å². The molecule has 0 heterocycles. The van der Waals surface area contributed by atoms with E-state index in [1.807, 2.05) is 6.07 Å². The molecule has 0 saturated heterocycles. The minimum atomic E-state index is -4.64. The molecule has 0 aliphatic heterocycles. The van der Waals surface area contributed by atoms with Crippen molar-refractivity contribution in [2.45, 2.75) is 0 Å². The second-order valence-electron chi connectivity index (χ2n) is 1.96. The third-order valence-corrected chi connectivity index (χ3v) is 1.52. The fourth-order valence-corrected chi connectivity index (χ4v) is 0.737. The van der Waals surface area contributed by atoms with Crippen LogP contribution in [0.15, 0.2) is 28.7 Å². The Morgan fingerprint density at radius 1 is 1.15 bits per heavy atom. The molecule has 5 nitrogen and oxygen atoms in total. The number of halogens is 1. The quantitative estimate of drug-likeness (QED) is 0.532. The Bertz CT molecular complexity index is 280. The Kier molecular flexibility index (Phi) is 5.20. The van der Waals surface area contributed by atoms with Gasteiger partial charge >= 0.3 is 7.82 Å². The first-order chi connectivity index (χ1) is 5.80. The van der Waals surface area contributed by atoms with Gasteiger partial charge in [-0.3, -0.25) is 0 Å². The first-order valence-corrected chi connectivity index (χ1v) is 5.38. The van der Waals surface area contributed by atoms with Gasteiger partial charge in [0, 0.05) is 0 Å². The molecule has 1 aromatic rings. The largest absolute Gasteiger partial charge is 0.507 e. The number of aromatic hydroxyl groups is 1. The van der Waals surface area contributed by atoms with Crippen LogP contribution in [0.5, 0.6) is 5.75 Å². The van der Waals surface area contributed by atoms with Gasteiger partial charge in [-0.1, -0.05) is 12.1 Å². The number of benzene rings is 1. The SMILES string of the molecule is O=P(O)(O)O.Oc1ccccc1Br. The van der Waals surface area contributed by atoms with Gasteiger partial charge in [0.15, 0.2) is 0 Å². The van der Waals surface area contributed by atoms with Gasteiger partial charge in [-0.25, -0.2) is 4.57 Å². The molecule has 0 aliphatic carbocycles. The van der Waals surface area contributed by atoms with Crippen molar-refractivity contribution in [3.05, 3.63) is 28.7 Å². The van der Waals surface area contributed by atoms with E-state index in [0.717, 1.165) is 4.47 Å². The van der Waals surface area contributed by atoms with Crippen LogP contribution in [0.1, 0.15) is 0 Å². The Labute approximate surface area is 83.0 Å². The van der Waals surface area contributed by atoms with Gasteiger partial charge in [-0.05, 0) is 28.1 Å². The normalized spacial score (nSPS) is 10.2. The van der Waals surface area contributed by atoms with Crippen molar-refractivity contribution < 1.29 is 24.4 Å². The predicted molar refractivity (Wildman–Crippen MR) is 50.1 cm³/mol. The third kappa shape index (κ3) is 9.52. The van der Waals surface area contributed by atoms with E-state index in [4.69, 9.17) is 24.4 Å². The van der Waals surface area contributed by atoms with Crippen molar-refractivity contribution >= 4 is 23.8 Å². The summed E-state index contributed by atoms with van der Waals surface area (Å²) in [4.78, 5) is 21.6. The summed E-state index contributed by atoms with van der Waals surface area (Å²) in [6.45, 7) is 0. The standard InChI is InChI=1S/C6H5BrO.H3O4P/c7-5-3-1-2-4-6(5)8;1-5(2,3)4/h1-4,8H;(H3,1,2,3,4). The first kappa shape index (κ1) is 12.6. The molecule has 0 atom stereocenters. The number of hydrogen-bond acceptors (Lipinski definition) is 2. The van der Waals surface area contributed by atoms with Crippen LogP contribution < -0.4 is 0 Å². The highest BCUT2D eigenvalue weighted by atomic mass is 79.9. The molecule has 0 radical (unpaired) electrons. The van der Waals surface area contributed by atoms with Crippen molar-refractivity contribution in [2.24, 2.45) is 0 Å². The molecule has 0 unspecified atom stereocenters. The van der Waals surface area contributed by atoms with E-state index >= 15 is 0 Å². The molecule has 0 amide bonds. The van der Waals surface area contributed by atoms with Gasteiger partial charge in [0.1, 0.15) is 5.75 Å². The van der Waals surface area contributed by atoms with Crippen molar-refractivity contribution in [3.8, 4) is 5.75 Å². The molecule has 0 aromatic heterocycles. The molecule has 1 rings (SSSR count). The molecular weight excluding hydrogens is 263 g/mol. The predicted octanol–water partition coefficient (Wildman–Crippen LogP) is 1.23. The number of hydrogen-bond donors (Lipinski definition) is 4. The van der Waals surface area contributed by atoms with E-state index in [2.05, 4.69) is 15.9 Å². The van der Waals surface area contributed by atoms with E-state index in [0.29, 0.717) is 0 Å². The molecule has 13 heavy (non-hydrogen) atoms. The highest BCUT2D eigenvalue weighted by Gasteiger charge is 2.00. The number of rotatable bonds is 0. The van der Waals surface area contributed by atoms with Crippen molar-refractivity contribution in [2.75, 3.05) is 0 Å². The van der Waals surface area contributed by atoms with E-state index in [-0.39, 0.29) is 5.75 Å². The number of para-hydroxylation sites is 1. The van der Waals surface area contributed by atoms with Gasteiger partial charge in [0.25, 0.3) is 0 Å². The molecule has 0 aliphatic rings. The second kappa shape index (κ2) is 5.36. The molecule has 0 bridgehead atoms. The maximum Gasteiger partial charge on any atom is 0.466 e. The van der Waals surface area contributed by atoms with E-state index < -0.39 is 7.82 Å². The summed E-state index contributed by atoms with van der Waals surface area (Å²) in [6.07, 6.45) is 0.